The van der Waals surface area contributed by atoms with E-state index in [9.17, 15) is 9.59 Å². The number of carbonyl (C=O) groups is 2. The summed E-state index contributed by atoms with van der Waals surface area (Å²) in [7, 11) is 1.83. The van der Waals surface area contributed by atoms with E-state index in [1.807, 2.05) is 7.05 Å². The van der Waals surface area contributed by atoms with Crippen LogP contribution in [-0.4, -0.2) is 43.8 Å². The molecular formula is C11H20N2O2. The third-order valence-electron chi connectivity index (χ3n) is 2.88. The summed E-state index contributed by atoms with van der Waals surface area (Å²) in [5, 5.41) is 3.24. The van der Waals surface area contributed by atoms with Crippen molar-refractivity contribution in [3.05, 3.63) is 0 Å². The Labute approximate surface area is 91.0 Å². The van der Waals surface area contributed by atoms with Crippen LogP contribution in [0.2, 0.25) is 0 Å². The fourth-order valence-electron chi connectivity index (χ4n) is 1.90. The van der Waals surface area contributed by atoms with Gasteiger partial charge in [-0.05, 0) is 32.4 Å². The average Bonchev–Trinajstić information content (AvgIpc) is 2.29. The molecule has 15 heavy (non-hydrogen) atoms. The lowest BCUT2D eigenvalue weighted by molar-refractivity contribution is -0.135. The fraction of sp³-hybridized carbons (Fsp3) is 0.818. The van der Waals surface area contributed by atoms with Gasteiger partial charge >= 0.3 is 0 Å². The van der Waals surface area contributed by atoms with E-state index < -0.39 is 0 Å². The maximum atomic E-state index is 11.9. The van der Waals surface area contributed by atoms with Gasteiger partial charge in [0.1, 0.15) is 6.29 Å². The molecule has 0 saturated carbocycles. The molecule has 0 aromatic heterocycles. The molecular weight excluding hydrogens is 192 g/mol. The zero-order valence-electron chi connectivity index (χ0n) is 9.37. The number of unbranched alkanes of at least 4 members (excludes halogenated alkanes) is 1. The van der Waals surface area contributed by atoms with Crippen molar-refractivity contribution in [3.63, 3.8) is 0 Å². The van der Waals surface area contributed by atoms with E-state index in [2.05, 4.69) is 5.32 Å². The third-order valence-corrected chi connectivity index (χ3v) is 2.88. The lowest BCUT2D eigenvalue weighted by Crippen LogP contribution is -2.39. The van der Waals surface area contributed by atoms with Gasteiger partial charge in [-0.15, -0.1) is 0 Å². The quantitative estimate of drug-likeness (QED) is 0.531. The minimum absolute atomic E-state index is 0.187. The summed E-state index contributed by atoms with van der Waals surface area (Å²) in [5.74, 6) is 0.426. The first-order valence-electron chi connectivity index (χ1n) is 5.65. The van der Waals surface area contributed by atoms with Gasteiger partial charge in [0.05, 0.1) is 0 Å². The van der Waals surface area contributed by atoms with Crippen LogP contribution in [-0.2, 0) is 9.59 Å². The number of piperidine rings is 1. The Bertz CT molecular complexity index is 213. The van der Waals surface area contributed by atoms with Gasteiger partial charge in [0.25, 0.3) is 0 Å². The van der Waals surface area contributed by atoms with Gasteiger partial charge in [0, 0.05) is 25.9 Å². The summed E-state index contributed by atoms with van der Waals surface area (Å²) >= 11 is 0. The molecule has 0 aliphatic carbocycles. The van der Waals surface area contributed by atoms with Gasteiger partial charge in [-0.2, -0.15) is 0 Å². The molecule has 0 radical (unpaired) electrons. The first-order valence-corrected chi connectivity index (χ1v) is 5.65. The van der Waals surface area contributed by atoms with Gasteiger partial charge in [0.2, 0.25) is 5.91 Å². The van der Waals surface area contributed by atoms with Gasteiger partial charge in [-0.25, -0.2) is 0 Å². The van der Waals surface area contributed by atoms with Crippen molar-refractivity contribution in [2.75, 3.05) is 26.7 Å². The summed E-state index contributed by atoms with van der Waals surface area (Å²) in [4.78, 5) is 23.8. The molecule has 0 aromatic carbocycles. The monoisotopic (exact) mass is 212 g/mol. The number of hydrogen-bond donors (Lipinski definition) is 1. The Morgan fingerprint density at radius 2 is 2.13 bits per heavy atom. The number of nitrogens with zero attached hydrogens (tertiary/aromatic N) is 1. The molecule has 1 aliphatic heterocycles. The SMILES string of the molecule is CN(CCCC=O)C(=O)C1CCNCC1. The molecule has 0 bridgehead atoms. The van der Waals surface area contributed by atoms with Crippen LogP contribution in [0.1, 0.15) is 25.7 Å². The van der Waals surface area contributed by atoms with Crippen LogP contribution in [0.5, 0.6) is 0 Å². The highest BCUT2D eigenvalue weighted by molar-refractivity contribution is 5.78. The Balaban J connectivity index is 2.27. The van der Waals surface area contributed by atoms with E-state index in [4.69, 9.17) is 0 Å². The largest absolute Gasteiger partial charge is 0.346 e. The van der Waals surface area contributed by atoms with Gasteiger partial charge in [-0.3, -0.25) is 4.79 Å². The minimum Gasteiger partial charge on any atom is -0.346 e. The van der Waals surface area contributed by atoms with Crippen molar-refractivity contribution in [2.24, 2.45) is 5.92 Å². The van der Waals surface area contributed by atoms with Gasteiger partial charge in [0.15, 0.2) is 0 Å². The molecule has 0 spiro atoms. The van der Waals surface area contributed by atoms with Crippen molar-refractivity contribution in [2.45, 2.75) is 25.7 Å². The van der Waals surface area contributed by atoms with Crippen LogP contribution in [0.3, 0.4) is 0 Å². The van der Waals surface area contributed by atoms with E-state index in [1.54, 1.807) is 4.90 Å². The lowest BCUT2D eigenvalue weighted by Gasteiger charge is -2.26. The number of nitrogens with one attached hydrogen (secondary N) is 1. The van der Waals surface area contributed by atoms with Crippen LogP contribution in [0.25, 0.3) is 0 Å². The molecule has 1 fully saturated rings. The first-order chi connectivity index (χ1) is 7.25. The molecule has 1 N–H and O–H groups in total. The Morgan fingerprint density at radius 3 is 2.73 bits per heavy atom. The van der Waals surface area contributed by atoms with Crippen molar-refractivity contribution in [1.82, 2.24) is 10.2 Å². The highest BCUT2D eigenvalue weighted by Gasteiger charge is 2.23. The number of hydrogen-bond acceptors (Lipinski definition) is 3. The average molecular weight is 212 g/mol. The summed E-state index contributed by atoms with van der Waals surface area (Å²) in [6.45, 7) is 2.58. The lowest BCUT2D eigenvalue weighted by atomic mass is 9.96. The van der Waals surface area contributed by atoms with E-state index in [1.165, 1.54) is 0 Å². The number of aldehydes is 1. The normalized spacial score (nSPS) is 17.4. The number of amides is 1. The molecule has 0 atom stereocenters. The molecule has 1 amide bonds. The Hall–Kier alpha value is -0.900. The topological polar surface area (TPSA) is 49.4 Å². The second-order valence-electron chi connectivity index (χ2n) is 4.09. The van der Waals surface area contributed by atoms with Crippen molar-refractivity contribution in [3.8, 4) is 0 Å². The van der Waals surface area contributed by atoms with Gasteiger partial charge in [-0.1, -0.05) is 0 Å². The smallest absolute Gasteiger partial charge is 0.225 e. The molecule has 86 valence electrons. The summed E-state index contributed by atoms with van der Waals surface area (Å²) in [6, 6.07) is 0. The van der Waals surface area contributed by atoms with Crippen LogP contribution in [0, 0.1) is 5.92 Å². The van der Waals surface area contributed by atoms with Crippen molar-refractivity contribution >= 4 is 12.2 Å². The zero-order chi connectivity index (χ0) is 11.1. The number of rotatable bonds is 5. The molecule has 0 unspecified atom stereocenters. The summed E-state index contributed by atoms with van der Waals surface area (Å²) < 4.78 is 0. The minimum atomic E-state index is 0.187. The van der Waals surface area contributed by atoms with E-state index in [0.717, 1.165) is 38.6 Å². The second kappa shape index (κ2) is 6.56. The van der Waals surface area contributed by atoms with E-state index in [-0.39, 0.29) is 11.8 Å². The highest BCUT2D eigenvalue weighted by atomic mass is 16.2. The number of carbonyl (C=O) groups excluding carboxylic acids is 2. The first kappa shape index (κ1) is 12.2. The van der Waals surface area contributed by atoms with Crippen LogP contribution < -0.4 is 5.32 Å². The van der Waals surface area contributed by atoms with Gasteiger partial charge < -0.3 is 15.0 Å². The zero-order valence-corrected chi connectivity index (χ0v) is 9.37. The molecule has 0 aromatic rings. The molecule has 1 heterocycles. The molecule has 1 rings (SSSR count). The van der Waals surface area contributed by atoms with Crippen LogP contribution in [0.4, 0.5) is 0 Å². The highest BCUT2D eigenvalue weighted by Crippen LogP contribution is 2.14. The Morgan fingerprint density at radius 1 is 1.47 bits per heavy atom. The molecule has 4 nitrogen and oxygen atoms in total. The molecule has 4 heteroatoms. The fourth-order valence-corrected chi connectivity index (χ4v) is 1.90. The van der Waals surface area contributed by atoms with Crippen molar-refractivity contribution in [1.29, 1.82) is 0 Å². The van der Waals surface area contributed by atoms with E-state index >= 15 is 0 Å². The van der Waals surface area contributed by atoms with E-state index in [0.29, 0.717) is 13.0 Å². The standard InChI is InChI=1S/C11H20N2O2/c1-13(8-2-3-9-14)11(15)10-4-6-12-7-5-10/h9-10,12H,2-8H2,1H3. The maximum absolute atomic E-state index is 11.9. The summed E-state index contributed by atoms with van der Waals surface area (Å²) in [5.41, 5.74) is 0. The predicted octanol–water partition coefficient (Wildman–Crippen LogP) is 0.423. The predicted molar refractivity (Wildman–Crippen MR) is 58.5 cm³/mol. The van der Waals surface area contributed by atoms with Crippen molar-refractivity contribution < 1.29 is 9.59 Å². The second-order valence-corrected chi connectivity index (χ2v) is 4.09. The Kier molecular flexibility index (Phi) is 5.32. The molecule has 1 aliphatic rings. The third kappa shape index (κ3) is 4.00. The maximum Gasteiger partial charge on any atom is 0.225 e. The molecule has 1 saturated heterocycles. The van der Waals surface area contributed by atoms with Crippen LogP contribution in [0.15, 0.2) is 0 Å². The van der Waals surface area contributed by atoms with Crippen LogP contribution >= 0.6 is 0 Å². The summed E-state index contributed by atoms with van der Waals surface area (Å²) in [6.07, 6.45) is 4.11.